The highest BCUT2D eigenvalue weighted by Crippen LogP contribution is 2.22. The van der Waals surface area contributed by atoms with Gasteiger partial charge in [0.1, 0.15) is 0 Å². The lowest BCUT2D eigenvalue weighted by Crippen LogP contribution is -2.10. The Hall–Kier alpha value is -1.31. The van der Waals surface area contributed by atoms with Crippen molar-refractivity contribution in [2.75, 3.05) is 20.0 Å². The number of carbonyl (C=O) groups is 2. The van der Waals surface area contributed by atoms with E-state index in [2.05, 4.69) is 9.47 Å². The van der Waals surface area contributed by atoms with Gasteiger partial charge in [-0.1, -0.05) is 0 Å². The summed E-state index contributed by atoms with van der Waals surface area (Å²) in [6.45, 7) is 0. The van der Waals surface area contributed by atoms with Crippen LogP contribution in [0.2, 0.25) is 0 Å². The number of anilines is 1. The van der Waals surface area contributed by atoms with Crippen molar-refractivity contribution < 1.29 is 19.1 Å². The molecule has 0 saturated carbocycles. The first kappa shape index (κ1) is 12.8. The first-order valence-electron chi connectivity index (χ1n) is 4.27. The summed E-state index contributed by atoms with van der Waals surface area (Å²) in [6, 6.07) is 2.90. The van der Waals surface area contributed by atoms with Crippen LogP contribution >= 0.6 is 22.6 Å². The molecule has 0 amide bonds. The number of hydrogen-bond acceptors (Lipinski definition) is 5. The Labute approximate surface area is 106 Å². The summed E-state index contributed by atoms with van der Waals surface area (Å²) in [7, 11) is 2.55. The van der Waals surface area contributed by atoms with E-state index in [4.69, 9.17) is 5.73 Å². The van der Waals surface area contributed by atoms with Crippen molar-refractivity contribution >= 4 is 40.2 Å². The van der Waals surface area contributed by atoms with Crippen LogP contribution in [-0.4, -0.2) is 26.2 Å². The second kappa shape index (κ2) is 5.15. The number of benzene rings is 1. The molecule has 2 N–H and O–H groups in total. The third kappa shape index (κ3) is 2.43. The number of halogens is 1. The number of methoxy groups -OCH3 is 2. The lowest BCUT2D eigenvalue weighted by molar-refractivity contribution is 0.0586. The quantitative estimate of drug-likeness (QED) is 0.503. The average Bonchev–Trinajstić information content (AvgIpc) is 2.29. The van der Waals surface area contributed by atoms with Gasteiger partial charge in [0.25, 0.3) is 0 Å². The molecule has 0 heterocycles. The van der Waals surface area contributed by atoms with Crippen LogP contribution in [0, 0.1) is 3.57 Å². The average molecular weight is 335 g/mol. The molecule has 0 bridgehead atoms. The minimum atomic E-state index is -0.535. The highest BCUT2D eigenvalue weighted by Gasteiger charge is 2.17. The van der Waals surface area contributed by atoms with Crippen molar-refractivity contribution in [2.45, 2.75) is 0 Å². The van der Waals surface area contributed by atoms with E-state index in [1.54, 1.807) is 0 Å². The number of esters is 2. The Morgan fingerprint density at radius 1 is 1.12 bits per heavy atom. The van der Waals surface area contributed by atoms with Gasteiger partial charge in [0.05, 0.1) is 25.3 Å². The van der Waals surface area contributed by atoms with E-state index < -0.39 is 11.9 Å². The lowest BCUT2D eigenvalue weighted by atomic mass is 10.1. The molecule has 1 aromatic rings. The SMILES string of the molecule is COC(=O)c1cc(I)c(C(=O)OC)cc1N. The normalized spacial score (nSPS) is 9.69. The Bertz CT molecular complexity index is 403. The van der Waals surface area contributed by atoms with E-state index in [0.29, 0.717) is 9.13 Å². The summed E-state index contributed by atoms with van der Waals surface area (Å²) in [6.07, 6.45) is 0. The predicted molar refractivity (Wildman–Crippen MR) is 66.3 cm³/mol. The topological polar surface area (TPSA) is 78.6 Å². The second-order valence-corrected chi connectivity index (χ2v) is 4.06. The highest BCUT2D eigenvalue weighted by atomic mass is 127. The standard InChI is InChI=1S/C10H10INO4/c1-15-9(13)5-4-8(12)6(3-7(5)11)10(14)16-2/h3-4H,12H2,1-2H3. The third-order valence-corrected chi connectivity index (χ3v) is 2.84. The van der Waals surface area contributed by atoms with Gasteiger partial charge in [-0.2, -0.15) is 0 Å². The minimum Gasteiger partial charge on any atom is -0.465 e. The summed E-state index contributed by atoms with van der Waals surface area (Å²) >= 11 is 1.93. The molecule has 16 heavy (non-hydrogen) atoms. The van der Waals surface area contributed by atoms with E-state index in [9.17, 15) is 9.59 Å². The van der Waals surface area contributed by atoms with Crippen LogP contribution in [-0.2, 0) is 9.47 Å². The van der Waals surface area contributed by atoms with E-state index >= 15 is 0 Å². The van der Waals surface area contributed by atoms with E-state index in [-0.39, 0.29) is 11.3 Å². The molecule has 5 nitrogen and oxygen atoms in total. The Morgan fingerprint density at radius 2 is 1.62 bits per heavy atom. The molecule has 6 heteroatoms. The fourth-order valence-corrected chi connectivity index (χ4v) is 1.83. The number of rotatable bonds is 2. The molecule has 0 spiro atoms. The van der Waals surface area contributed by atoms with Gasteiger partial charge in [-0.3, -0.25) is 0 Å². The van der Waals surface area contributed by atoms with Crippen LogP contribution < -0.4 is 5.73 Å². The number of nitrogen functional groups attached to an aromatic ring is 1. The molecule has 0 aliphatic heterocycles. The van der Waals surface area contributed by atoms with Gasteiger partial charge in [-0.05, 0) is 34.7 Å². The molecule has 0 atom stereocenters. The maximum atomic E-state index is 11.3. The van der Waals surface area contributed by atoms with Crippen LogP contribution in [0.15, 0.2) is 12.1 Å². The molecular formula is C10H10INO4. The van der Waals surface area contributed by atoms with Gasteiger partial charge in [-0.15, -0.1) is 0 Å². The maximum Gasteiger partial charge on any atom is 0.339 e. The molecule has 0 aromatic heterocycles. The van der Waals surface area contributed by atoms with E-state index in [1.807, 2.05) is 22.6 Å². The maximum absolute atomic E-state index is 11.3. The largest absolute Gasteiger partial charge is 0.465 e. The second-order valence-electron chi connectivity index (χ2n) is 2.90. The van der Waals surface area contributed by atoms with Gasteiger partial charge in [0.15, 0.2) is 0 Å². The summed E-state index contributed by atoms with van der Waals surface area (Å²) in [5.74, 6) is -1.03. The zero-order valence-electron chi connectivity index (χ0n) is 8.74. The Balaban J connectivity index is 3.27. The molecule has 86 valence electrons. The fraction of sp³-hybridized carbons (Fsp3) is 0.200. The van der Waals surface area contributed by atoms with Crippen molar-refractivity contribution in [3.63, 3.8) is 0 Å². The minimum absolute atomic E-state index is 0.188. The molecule has 0 saturated heterocycles. The Morgan fingerprint density at radius 3 is 2.12 bits per heavy atom. The number of carbonyl (C=O) groups excluding carboxylic acids is 2. The lowest BCUT2D eigenvalue weighted by Gasteiger charge is -2.08. The van der Waals surface area contributed by atoms with Gasteiger partial charge >= 0.3 is 11.9 Å². The smallest absolute Gasteiger partial charge is 0.339 e. The summed E-state index contributed by atoms with van der Waals surface area (Å²) in [4.78, 5) is 22.7. The molecule has 0 radical (unpaired) electrons. The number of ether oxygens (including phenoxy) is 2. The first-order valence-corrected chi connectivity index (χ1v) is 5.34. The zero-order valence-corrected chi connectivity index (χ0v) is 10.9. The molecule has 1 aromatic carbocycles. The highest BCUT2D eigenvalue weighted by molar-refractivity contribution is 14.1. The van der Waals surface area contributed by atoms with Crippen LogP contribution in [0.25, 0.3) is 0 Å². The summed E-state index contributed by atoms with van der Waals surface area (Å²) in [5.41, 5.74) is 6.40. The van der Waals surface area contributed by atoms with Gasteiger partial charge in [0.2, 0.25) is 0 Å². The predicted octanol–water partition coefficient (Wildman–Crippen LogP) is 1.45. The van der Waals surface area contributed by atoms with Crippen molar-refractivity contribution in [2.24, 2.45) is 0 Å². The van der Waals surface area contributed by atoms with Gasteiger partial charge in [-0.25, -0.2) is 9.59 Å². The first-order chi connectivity index (χ1) is 7.51. The molecule has 0 aliphatic carbocycles. The van der Waals surface area contributed by atoms with E-state index in [1.165, 1.54) is 26.4 Å². The van der Waals surface area contributed by atoms with Gasteiger partial charge in [0, 0.05) is 9.26 Å². The summed E-state index contributed by atoms with van der Waals surface area (Å²) in [5, 5.41) is 0. The molecule has 0 fully saturated rings. The van der Waals surface area contributed by atoms with Crippen LogP contribution in [0.1, 0.15) is 20.7 Å². The van der Waals surface area contributed by atoms with Crippen LogP contribution in [0.5, 0.6) is 0 Å². The van der Waals surface area contributed by atoms with Crippen molar-refractivity contribution in [1.29, 1.82) is 0 Å². The van der Waals surface area contributed by atoms with Crippen LogP contribution in [0.4, 0.5) is 5.69 Å². The summed E-state index contributed by atoms with van der Waals surface area (Å²) < 4.78 is 9.73. The van der Waals surface area contributed by atoms with Gasteiger partial charge < -0.3 is 15.2 Å². The molecule has 1 rings (SSSR count). The van der Waals surface area contributed by atoms with Crippen LogP contribution in [0.3, 0.4) is 0 Å². The number of nitrogens with two attached hydrogens (primary N) is 1. The third-order valence-electron chi connectivity index (χ3n) is 1.95. The fourth-order valence-electron chi connectivity index (χ4n) is 1.14. The number of hydrogen-bond donors (Lipinski definition) is 1. The molecular weight excluding hydrogens is 325 g/mol. The van der Waals surface area contributed by atoms with Crippen molar-refractivity contribution in [1.82, 2.24) is 0 Å². The van der Waals surface area contributed by atoms with E-state index in [0.717, 1.165) is 0 Å². The zero-order chi connectivity index (χ0) is 12.3. The molecule has 0 unspecified atom stereocenters. The Kier molecular flexibility index (Phi) is 4.11. The monoisotopic (exact) mass is 335 g/mol. The van der Waals surface area contributed by atoms with Crippen molar-refractivity contribution in [3.05, 3.63) is 26.8 Å². The van der Waals surface area contributed by atoms with Crippen molar-refractivity contribution in [3.8, 4) is 0 Å². The molecule has 0 aliphatic rings.